The number of aromatic nitrogens is 2. The van der Waals surface area contributed by atoms with Gasteiger partial charge in [-0.2, -0.15) is 5.10 Å². The van der Waals surface area contributed by atoms with Crippen LogP contribution >= 0.6 is 39.9 Å². The lowest BCUT2D eigenvalue weighted by molar-refractivity contribution is -0.120. The van der Waals surface area contributed by atoms with E-state index in [2.05, 4.69) is 31.3 Å². The van der Waals surface area contributed by atoms with Crippen LogP contribution in [0.15, 0.2) is 40.1 Å². The molecule has 152 valence electrons. The van der Waals surface area contributed by atoms with E-state index < -0.39 is 0 Å². The number of aliphatic imine (C=N–C) groups is 1. The minimum atomic E-state index is 0. The molecule has 0 radical (unpaired) electrons. The number of hydrogen-bond acceptors (Lipinski definition) is 4. The highest BCUT2D eigenvalue weighted by molar-refractivity contribution is 14.0. The Morgan fingerprint density at radius 3 is 2.75 bits per heavy atom. The molecule has 1 aromatic carbocycles. The number of carbonyl (C=O) groups excluding carboxylic acids is 1. The number of methoxy groups -OCH3 is 1. The molecule has 0 unspecified atom stereocenters. The van der Waals surface area contributed by atoms with Gasteiger partial charge in [-0.05, 0) is 33.6 Å². The fraction of sp³-hybridized carbons (Fsp3) is 0.389. The predicted octanol–water partition coefficient (Wildman–Crippen LogP) is 2.23. The summed E-state index contributed by atoms with van der Waals surface area (Å²) in [5.41, 5.74) is 1.91. The normalized spacial score (nSPS) is 14.7. The zero-order valence-electron chi connectivity index (χ0n) is 16.1. The minimum absolute atomic E-state index is 0. The molecule has 1 aliphatic heterocycles. The molecular weight excluding hydrogens is 539 g/mol. The van der Waals surface area contributed by atoms with Crippen LogP contribution in [0.25, 0.3) is 0 Å². The zero-order chi connectivity index (χ0) is 19.4. The Balaban J connectivity index is 0.00000280. The van der Waals surface area contributed by atoms with E-state index in [4.69, 9.17) is 4.74 Å². The molecule has 1 N–H and O–H groups in total. The van der Waals surface area contributed by atoms with Gasteiger partial charge in [-0.25, -0.2) is 0 Å². The summed E-state index contributed by atoms with van der Waals surface area (Å²) in [6, 6.07) is 5.92. The summed E-state index contributed by atoms with van der Waals surface area (Å²) in [5, 5.41) is 7.47. The quantitative estimate of drug-likeness (QED) is 0.351. The van der Waals surface area contributed by atoms with Crippen LogP contribution in [0, 0.1) is 0 Å². The first kappa shape index (κ1) is 22.5. The Labute approximate surface area is 190 Å². The van der Waals surface area contributed by atoms with E-state index >= 15 is 0 Å². The highest BCUT2D eigenvalue weighted by Gasteiger charge is 2.27. The average molecular weight is 563 g/mol. The van der Waals surface area contributed by atoms with Crippen molar-refractivity contribution in [1.82, 2.24) is 20.0 Å². The summed E-state index contributed by atoms with van der Waals surface area (Å²) in [5.74, 6) is 1.53. The van der Waals surface area contributed by atoms with Crippen molar-refractivity contribution < 1.29 is 9.53 Å². The number of anilines is 1. The van der Waals surface area contributed by atoms with Gasteiger partial charge in [0.15, 0.2) is 5.96 Å². The van der Waals surface area contributed by atoms with Gasteiger partial charge in [0.2, 0.25) is 5.91 Å². The van der Waals surface area contributed by atoms with E-state index in [0.29, 0.717) is 25.6 Å². The molecule has 2 heterocycles. The third kappa shape index (κ3) is 5.16. The number of piperazine rings is 1. The largest absolute Gasteiger partial charge is 0.496 e. The molecule has 3 rings (SSSR count). The molecule has 1 aromatic heterocycles. The molecule has 10 heteroatoms. The number of amides is 1. The second kappa shape index (κ2) is 10.1. The number of benzene rings is 1. The maximum Gasteiger partial charge on any atom is 0.246 e. The van der Waals surface area contributed by atoms with Gasteiger partial charge in [-0.1, -0.05) is 6.07 Å². The van der Waals surface area contributed by atoms with Crippen molar-refractivity contribution >= 4 is 57.5 Å². The van der Waals surface area contributed by atoms with Crippen LogP contribution in [0.4, 0.5) is 5.69 Å². The van der Waals surface area contributed by atoms with Gasteiger partial charge in [0.25, 0.3) is 0 Å². The lowest BCUT2D eigenvalue weighted by Crippen LogP contribution is -2.55. The standard InChI is InChI=1S/C18H23BrN6O2.HI/c1-20-18(21-9-13-4-5-16(27-3)15(19)8-13)24-6-7-25(17(26)12-24)14-10-22-23(2)11-14;/h4-5,8,10-11H,6-7,9,12H2,1-3H3,(H,20,21);1H. The highest BCUT2D eigenvalue weighted by atomic mass is 127. The molecule has 0 spiro atoms. The molecular formula is C18H24BrIN6O2. The van der Waals surface area contributed by atoms with Gasteiger partial charge in [0.1, 0.15) is 12.3 Å². The molecule has 0 atom stereocenters. The molecule has 1 fully saturated rings. The first-order valence-corrected chi connectivity index (χ1v) is 9.38. The Morgan fingerprint density at radius 2 is 2.18 bits per heavy atom. The summed E-state index contributed by atoms with van der Waals surface area (Å²) in [6.07, 6.45) is 3.56. The molecule has 8 nitrogen and oxygen atoms in total. The maximum absolute atomic E-state index is 12.6. The van der Waals surface area contributed by atoms with Crippen molar-refractivity contribution in [1.29, 1.82) is 0 Å². The van der Waals surface area contributed by atoms with Crippen LogP contribution < -0.4 is 15.0 Å². The number of aryl methyl sites for hydroxylation is 1. The number of nitrogens with one attached hydrogen (secondary N) is 1. The van der Waals surface area contributed by atoms with Crippen LogP contribution in [0.2, 0.25) is 0 Å². The highest BCUT2D eigenvalue weighted by Crippen LogP contribution is 2.25. The topological polar surface area (TPSA) is 75.0 Å². The predicted molar refractivity (Wildman–Crippen MR) is 123 cm³/mol. The second-order valence-corrected chi connectivity index (χ2v) is 7.06. The smallest absolute Gasteiger partial charge is 0.246 e. The third-order valence-electron chi connectivity index (χ3n) is 4.40. The second-order valence-electron chi connectivity index (χ2n) is 6.21. The van der Waals surface area contributed by atoms with E-state index in [1.54, 1.807) is 29.9 Å². The lowest BCUT2D eigenvalue weighted by atomic mass is 10.2. The van der Waals surface area contributed by atoms with Gasteiger partial charge in [-0.3, -0.25) is 14.5 Å². The lowest BCUT2D eigenvalue weighted by Gasteiger charge is -2.35. The number of rotatable bonds is 4. The Hall–Kier alpha value is -1.82. The van der Waals surface area contributed by atoms with Crippen molar-refractivity contribution in [3.8, 4) is 5.75 Å². The Morgan fingerprint density at radius 1 is 1.39 bits per heavy atom. The molecule has 0 bridgehead atoms. The van der Waals surface area contributed by atoms with Crippen LogP contribution in [0.5, 0.6) is 5.75 Å². The fourth-order valence-corrected chi connectivity index (χ4v) is 3.60. The molecule has 1 aliphatic rings. The number of halogens is 2. The van der Waals surface area contributed by atoms with Crippen molar-refractivity contribution in [3.63, 3.8) is 0 Å². The third-order valence-corrected chi connectivity index (χ3v) is 5.02. The van der Waals surface area contributed by atoms with Crippen molar-refractivity contribution in [3.05, 3.63) is 40.6 Å². The van der Waals surface area contributed by atoms with Gasteiger partial charge >= 0.3 is 0 Å². The number of guanidine groups is 1. The Bertz CT molecular complexity index is 856. The molecule has 0 aliphatic carbocycles. The number of ether oxygens (including phenoxy) is 1. The molecule has 1 saturated heterocycles. The van der Waals surface area contributed by atoms with Crippen LogP contribution in [-0.2, 0) is 18.4 Å². The monoisotopic (exact) mass is 562 g/mol. The van der Waals surface area contributed by atoms with Crippen molar-refractivity contribution in [2.24, 2.45) is 12.0 Å². The van der Waals surface area contributed by atoms with Crippen molar-refractivity contribution in [2.45, 2.75) is 6.54 Å². The summed E-state index contributed by atoms with van der Waals surface area (Å²) >= 11 is 3.50. The SMILES string of the molecule is CN=C(NCc1ccc(OC)c(Br)c1)N1CCN(c2cnn(C)c2)C(=O)C1.I. The maximum atomic E-state index is 12.6. The summed E-state index contributed by atoms with van der Waals surface area (Å²) in [4.78, 5) is 20.6. The zero-order valence-corrected chi connectivity index (χ0v) is 20.0. The number of carbonyl (C=O) groups is 1. The van der Waals surface area contributed by atoms with E-state index in [0.717, 1.165) is 21.5 Å². The van der Waals surface area contributed by atoms with Crippen LogP contribution in [0.3, 0.4) is 0 Å². The molecule has 1 amide bonds. The minimum Gasteiger partial charge on any atom is -0.496 e. The van der Waals surface area contributed by atoms with Crippen LogP contribution in [-0.4, -0.2) is 60.3 Å². The number of nitrogens with zero attached hydrogens (tertiary/aromatic N) is 5. The molecule has 2 aromatic rings. The summed E-state index contributed by atoms with van der Waals surface area (Å²) < 4.78 is 7.85. The fourth-order valence-electron chi connectivity index (χ4n) is 3.01. The van der Waals surface area contributed by atoms with Gasteiger partial charge in [0, 0.05) is 39.9 Å². The first-order valence-electron chi connectivity index (χ1n) is 8.59. The van der Waals surface area contributed by atoms with Gasteiger partial charge in [0.05, 0.1) is 23.5 Å². The molecule has 0 saturated carbocycles. The summed E-state index contributed by atoms with van der Waals surface area (Å²) in [7, 11) is 5.21. The van der Waals surface area contributed by atoms with Gasteiger partial charge < -0.3 is 19.9 Å². The van der Waals surface area contributed by atoms with Crippen molar-refractivity contribution in [2.75, 3.05) is 38.7 Å². The van der Waals surface area contributed by atoms with Crippen LogP contribution in [0.1, 0.15) is 5.56 Å². The molecule has 28 heavy (non-hydrogen) atoms. The van der Waals surface area contributed by atoms with E-state index in [9.17, 15) is 4.79 Å². The van der Waals surface area contributed by atoms with Gasteiger partial charge in [-0.15, -0.1) is 24.0 Å². The van der Waals surface area contributed by atoms with E-state index in [1.165, 1.54) is 0 Å². The summed E-state index contributed by atoms with van der Waals surface area (Å²) in [6.45, 7) is 2.18. The van der Waals surface area contributed by atoms with E-state index in [1.807, 2.05) is 36.3 Å². The van der Waals surface area contributed by atoms with E-state index in [-0.39, 0.29) is 36.4 Å². The average Bonchev–Trinajstić information content (AvgIpc) is 3.08. The number of hydrogen-bond donors (Lipinski definition) is 1. The first-order chi connectivity index (χ1) is 13.0. The Kier molecular flexibility index (Phi) is 8.10.